The van der Waals surface area contributed by atoms with Crippen LogP contribution in [0, 0.1) is 6.07 Å². The third kappa shape index (κ3) is 2.48. The second kappa shape index (κ2) is 5.12. The lowest BCUT2D eigenvalue weighted by Gasteiger charge is -2.17. The molecule has 2 rings (SSSR count). The molecule has 0 spiro atoms. The molecule has 2 aromatic rings. The fourth-order valence-corrected chi connectivity index (χ4v) is 1.53. The van der Waals surface area contributed by atoms with Crippen molar-refractivity contribution >= 4 is 12.1 Å². The van der Waals surface area contributed by atoms with Crippen LogP contribution in [0.2, 0.25) is 0 Å². The summed E-state index contributed by atoms with van der Waals surface area (Å²) in [6, 6.07) is 20.2. The highest BCUT2D eigenvalue weighted by Crippen LogP contribution is 2.14. The molecular weight excluding hydrogens is 198 g/mol. The van der Waals surface area contributed by atoms with Gasteiger partial charge in [-0.2, -0.15) is 0 Å². The quantitative estimate of drug-likeness (QED) is 0.710. The lowest BCUT2D eigenvalue weighted by molar-refractivity contribution is -0.107. The van der Waals surface area contributed by atoms with E-state index in [1.807, 2.05) is 54.6 Å². The van der Waals surface area contributed by atoms with Gasteiger partial charge in [-0.25, -0.2) is 0 Å². The van der Waals surface area contributed by atoms with E-state index in [1.165, 1.54) is 0 Å². The Morgan fingerprint density at radius 1 is 1.06 bits per heavy atom. The summed E-state index contributed by atoms with van der Waals surface area (Å²) in [4.78, 5) is 12.7. The topological polar surface area (TPSA) is 20.3 Å². The van der Waals surface area contributed by atoms with Crippen molar-refractivity contribution in [3.8, 4) is 0 Å². The predicted octanol–water partition coefficient (Wildman–Crippen LogP) is 2.65. The Bertz CT molecular complexity index is 439. The van der Waals surface area contributed by atoms with Gasteiger partial charge in [0, 0.05) is 5.69 Å². The molecule has 0 aliphatic rings. The van der Waals surface area contributed by atoms with Gasteiger partial charge < -0.3 is 4.90 Å². The predicted molar refractivity (Wildman–Crippen MR) is 64.0 cm³/mol. The van der Waals surface area contributed by atoms with Gasteiger partial charge in [-0.3, -0.25) is 4.79 Å². The van der Waals surface area contributed by atoms with Gasteiger partial charge in [0.25, 0.3) is 0 Å². The van der Waals surface area contributed by atoms with Gasteiger partial charge in [-0.1, -0.05) is 42.5 Å². The molecule has 0 saturated heterocycles. The fraction of sp³-hybridized carbons (Fsp3) is 0.0714. The summed E-state index contributed by atoms with van der Waals surface area (Å²) < 4.78 is 0. The fourth-order valence-electron chi connectivity index (χ4n) is 1.53. The first-order chi connectivity index (χ1) is 7.90. The molecule has 0 unspecified atom stereocenters. The first-order valence-electron chi connectivity index (χ1n) is 5.12. The SMILES string of the molecule is O=CN(Cc1cc[c]cc1)c1ccccc1. The zero-order chi connectivity index (χ0) is 11.2. The molecule has 0 bridgehead atoms. The van der Waals surface area contributed by atoms with Gasteiger partial charge in [-0.05, 0) is 23.8 Å². The minimum absolute atomic E-state index is 0.586. The van der Waals surface area contributed by atoms with Crippen molar-refractivity contribution in [2.75, 3.05) is 4.90 Å². The monoisotopic (exact) mass is 210 g/mol. The zero-order valence-electron chi connectivity index (χ0n) is 8.84. The van der Waals surface area contributed by atoms with Crippen LogP contribution < -0.4 is 4.90 Å². The van der Waals surface area contributed by atoms with E-state index >= 15 is 0 Å². The van der Waals surface area contributed by atoms with Crippen molar-refractivity contribution in [3.05, 3.63) is 66.2 Å². The van der Waals surface area contributed by atoms with Crippen molar-refractivity contribution in [2.45, 2.75) is 6.54 Å². The molecule has 0 aromatic heterocycles. The Labute approximate surface area is 95.1 Å². The number of rotatable bonds is 4. The molecule has 0 heterocycles. The molecule has 0 saturated carbocycles. The average molecular weight is 210 g/mol. The van der Waals surface area contributed by atoms with Crippen LogP contribution in [0.15, 0.2) is 54.6 Å². The van der Waals surface area contributed by atoms with E-state index in [2.05, 4.69) is 6.07 Å². The van der Waals surface area contributed by atoms with Crippen LogP contribution in [0.1, 0.15) is 5.56 Å². The van der Waals surface area contributed by atoms with Gasteiger partial charge in [-0.15, -0.1) is 0 Å². The van der Waals surface area contributed by atoms with Crippen LogP contribution >= 0.6 is 0 Å². The summed E-state index contributed by atoms with van der Waals surface area (Å²) in [7, 11) is 0. The Hall–Kier alpha value is -2.09. The third-order valence-electron chi connectivity index (χ3n) is 2.36. The van der Waals surface area contributed by atoms with E-state index in [9.17, 15) is 4.79 Å². The van der Waals surface area contributed by atoms with Crippen LogP contribution in [-0.2, 0) is 11.3 Å². The van der Waals surface area contributed by atoms with Crippen LogP contribution in [0.3, 0.4) is 0 Å². The first-order valence-corrected chi connectivity index (χ1v) is 5.12. The molecule has 16 heavy (non-hydrogen) atoms. The summed E-state index contributed by atoms with van der Waals surface area (Å²) in [5.74, 6) is 0. The Morgan fingerprint density at radius 3 is 2.38 bits per heavy atom. The zero-order valence-corrected chi connectivity index (χ0v) is 8.84. The van der Waals surface area contributed by atoms with Gasteiger partial charge in [0.15, 0.2) is 0 Å². The summed E-state index contributed by atoms with van der Waals surface area (Å²) in [6.07, 6.45) is 0.853. The molecular formula is C14H12NO. The van der Waals surface area contributed by atoms with E-state index in [-0.39, 0.29) is 0 Å². The average Bonchev–Trinajstić information content (AvgIpc) is 2.38. The molecule has 0 aliphatic heterocycles. The highest BCUT2D eigenvalue weighted by Gasteiger charge is 2.04. The van der Waals surface area contributed by atoms with E-state index in [1.54, 1.807) is 4.90 Å². The van der Waals surface area contributed by atoms with Crippen molar-refractivity contribution in [2.24, 2.45) is 0 Å². The molecule has 1 amide bonds. The summed E-state index contributed by atoms with van der Waals surface area (Å²) in [5, 5.41) is 0. The molecule has 79 valence electrons. The molecule has 0 aliphatic carbocycles. The second-order valence-corrected chi connectivity index (χ2v) is 3.48. The Balaban J connectivity index is 2.16. The molecule has 2 heteroatoms. The molecule has 0 atom stereocenters. The van der Waals surface area contributed by atoms with Gasteiger partial charge in [0.1, 0.15) is 0 Å². The maximum atomic E-state index is 11.0. The number of hydrogen-bond donors (Lipinski definition) is 0. The van der Waals surface area contributed by atoms with Gasteiger partial charge in [0.2, 0.25) is 6.41 Å². The van der Waals surface area contributed by atoms with Crippen molar-refractivity contribution < 1.29 is 4.79 Å². The minimum atomic E-state index is 0.586. The molecule has 1 radical (unpaired) electrons. The Kier molecular flexibility index (Phi) is 3.34. The van der Waals surface area contributed by atoms with Crippen LogP contribution in [0.25, 0.3) is 0 Å². The number of carbonyl (C=O) groups is 1. The summed E-state index contributed by atoms with van der Waals surface area (Å²) in [6.45, 7) is 0.586. The molecule has 0 fully saturated rings. The summed E-state index contributed by atoms with van der Waals surface area (Å²) >= 11 is 0. The highest BCUT2D eigenvalue weighted by molar-refractivity contribution is 5.74. The van der Waals surface area contributed by atoms with Crippen molar-refractivity contribution in [1.29, 1.82) is 0 Å². The molecule has 2 aromatic carbocycles. The third-order valence-corrected chi connectivity index (χ3v) is 2.36. The van der Waals surface area contributed by atoms with Crippen LogP contribution in [-0.4, -0.2) is 6.41 Å². The van der Waals surface area contributed by atoms with E-state index in [4.69, 9.17) is 0 Å². The number of anilines is 1. The highest BCUT2D eigenvalue weighted by atomic mass is 16.1. The van der Waals surface area contributed by atoms with Gasteiger partial charge in [0.05, 0.1) is 6.54 Å². The summed E-state index contributed by atoms with van der Waals surface area (Å²) in [5.41, 5.74) is 2.00. The van der Waals surface area contributed by atoms with Crippen LogP contribution in [0.4, 0.5) is 5.69 Å². The smallest absolute Gasteiger partial charge is 0.214 e. The lowest BCUT2D eigenvalue weighted by Crippen LogP contribution is -2.19. The van der Waals surface area contributed by atoms with Crippen molar-refractivity contribution in [1.82, 2.24) is 0 Å². The minimum Gasteiger partial charge on any atom is -0.311 e. The van der Waals surface area contributed by atoms with Crippen molar-refractivity contribution in [3.63, 3.8) is 0 Å². The number of carbonyl (C=O) groups excluding carboxylic acids is 1. The normalized spacial score (nSPS) is 9.75. The van der Waals surface area contributed by atoms with Gasteiger partial charge >= 0.3 is 0 Å². The molecule has 0 N–H and O–H groups in total. The maximum Gasteiger partial charge on any atom is 0.214 e. The Morgan fingerprint density at radius 2 is 1.75 bits per heavy atom. The largest absolute Gasteiger partial charge is 0.311 e. The number of benzene rings is 2. The molecule has 2 nitrogen and oxygen atoms in total. The number of nitrogens with zero attached hydrogens (tertiary/aromatic N) is 1. The van der Waals surface area contributed by atoms with E-state index in [0.717, 1.165) is 17.7 Å². The lowest BCUT2D eigenvalue weighted by atomic mass is 10.2. The number of amides is 1. The maximum absolute atomic E-state index is 11.0. The second-order valence-electron chi connectivity index (χ2n) is 3.48. The standard InChI is InChI=1S/C14H12NO/c16-12-15(14-9-5-2-6-10-14)11-13-7-3-1-4-8-13/h2-10,12H,11H2. The number of hydrogen-bond acceptors (Lipinski definition) is 1. The first kappa shape index (κ1) is 10.4. The van der Waals surface area contributed by atoms with E-state index < -0.39 is 0 Å². The number of para-hydroxylation sites is 1. The van der Waals surface area contributed by atoms with Crippen LogP contribution in [0.5, 0.6) is 0 Å². The van der Waals surface area contributed by atoms with E-state index in [0.29, 0.717) is 6.54 Å².